The summed E-state index contributed by atoms with van der Waals surface area (Å²) in [5.74, 6) is -0.613. The SMILES string of the molecule is CC/C=C\C[C@H](O)/C=C/C=C\C=C\C=C\CC[C@@H](O)/C(O)=C\CCC(=O)OCCO. The van der Waals surface area contributed by atoms with E-state index in [1.807, 2.05) is 48.6 Å². The predicted octanol–water partition coefficient (Wildman–Crippen LogP) is 3.83. The van der Waals surface area contributed by atoms with E-state index in [1.54, 1.807) is 12.2 Å². The molecule has 30 heavy (non-hydrogen) atoms. The Kier molecular flexibility index (Phi) is 18.3. The van der Waals surface area contributed by atoms with E-state index in [1.165, 1.54) is 6.08 Å². The van der Waals surface area contributed by atoms with Crippen molar-refractivity contribution in [1.29, 1.82) is 0 Å². The molecule has 6 nitrogen and oxygen atoms in total. The highest BCUT2D eigenvalue weighted by atomic mass is 16.5. The van der Waals surface area contributed by atoms with Crippen molar-refractivity contribution in [1.82, 2.24) is 0 Å². The van der Waals surface area contributed by atoms with Crippen molar-refractivity contribution < 1.29 is 30.0 Å². The van der Waals surface area contributed by atoms with Gasteiger partial charge in [-0.2, -0.15) is 0 Å². The summed E-state index contributed by atoms with van der Waals surface area (Å²) in [6.45, 7) is 1.80. The average molecular weight is 421 g/mol. The molecule has 0 bridgehead atoms. The molecule has 2 atom stereocenters. The summed E-state index contributed by atoms with van der Waals surface area (Å²) in [6, 6.07) is 0. The van der Waals surface area contributed by atoms with Gasteiger partial charge in [0.05, 0.1) is 12.7 Å². The molecule has 0 aliphatic heterocycles. The van der Waals surface area contributed by atoms with Crippen molar-refractivity contribution in [2.75, 3.05) is 13.2 Å². The van der Waals surface area contributed by atoms with Gasteiger partial charge in [-0.1, -0.05) is 67.7 Å². The van der Waals surface area contributed by atoms with Gasteiger partial charge in [0.15, 0.2) is 0 Å². The Balaban J connectivity index is 4.00. The maximum Gasteiger partial charge on any atom is 0.306 e. The number of rotatable bonds is 16. The standard InChI is InChI=1S/C24H36O6/c1-2-3-10-14-21(26)15-11-8-6-4-5-7-9-12-16-22(27)23(28)17-13-18-24(29)30-20-19-25/h3-11,15,17,21-22,25-28H,2,12-14,16,18-20H2,1H3/b5-4+,8-6-,9-7+,10-3-,15-11+,23-17+/t21-,22+/m0/s1. The lowest BCUT2D eigenvalue weighted by atomic mass is 10.1. The van der Waals surface area contributed by atoms with Gasteiger partial charge >= 0.3 is 5.97 Å². The first-order valence-corrected chi connectivity index (χ1v) is 10.3. The smallest absolute Gasteiger partial charge is 0.306 e. The zero-order valence-electron chi connectivity index (χ0n) is 17.8. The second-order valence-electron chi connectivity index (χ2n) is 6.47. The molecular formula is C24H36O6. The van der Waals surface area contributed by atoms with Crippen LogP contribution in [0.1, 0.15) is 45.4 Å². The van der Waals surface area contributed by atoms with Crippen LogP contribution in [0, 0.1) is 0 Å². The molecule has 0 saturated carbocycles. The zero-order chi connectivity index (χ0) is 22.5. The van der Waals surface area contributed by atoms with Gasteiger partial charge in [0.2, 0.25) is 0 Å². The molecular weight excluding hydrogens is 384 g/mol. The maximum atomic E-state index is 11.2. The molecule has 0 aromatic rings. The Hall–Kier alpha value is -2.41. The van der Waals surface area contributed by atoms with Crippen LogP contribution in [0.25, 0.3) is 0 Å². The summed E-state index contributed by atoms with van der Waals surface area (Å²) in [4.78, 5) is 11.2. The third-order valence-electron chi connectivity index (χ3n) is 3.81. The Bertz CT molecular complexity index is 613. The number of hydrogen-bond acceptors (Lipinski definition) is 6. The van der Waals surface area contributed by atoms with E-state index in [9.17, 15) is 20.1 Å². The average Bonchev–Trinajstić information content (AvgIpc) is 2.73. The zero-order valence-corrected chi connectivity index (χ0v) is 17.8. The van der Waals surface area contributed by atoms with E-state index in [2.05, 4.69) is 6.92 Å². The van der Waals surface area contributed by atoms with Crippen LogP contribution in [-0.2, 0) is 9.53 Å². The molecule has 0 spiro atoms. The van der Waals surface area contributed by atoms with E-state index in [0.717, 1.165) is 6.42 Å². The fraction of sp³-hybridized carbons (Fsp3) is 0.458. The highest BCUT2D eigenvalue weighted by Crippen LogP contribution is 2.09. The van der Waals surface area contributed by atoms with E-state index in [4.69, 9.17) is 9.84 Å². The van der Waals surface area contributed by atoms with Crippen molar-refractivity contribution >= 4 is 5.97 Å². The number of carbonyl (C=O) groups excluding carboxylic acids is 1. The molecule has 0 aromatic carbocycles. The topological polar surface area (TPSA) is 107 Å². The van der Waals surface area contributed by atoms with Gasteiger partial charge in [-0.05, 0) is 38.2 Å². The van der Waals surface area contributed by atoms with E-state index in [-0.39, 0.29) is 31.8 Å². The Morgan fingerprint density at radius 2 is 1.67 bits per heavy atom. The van der Waals surface area contributed by atoms with Gasteiger partial charge in [-0.25, -0.2) is 0 Å². The lowest BCUT2D eigenvalue weighted by molar-refractivity contribution is -0.144. The number of esters is 1. The van der Waals surface area contributed by atoms with E-state index < -0.39 is 18.2 Å². The molecule has 0 radical (unpaired) electrons. The Morgan fingerprint density at radius 3 is 2.37 bits per heavy atom. The second-order valence-corrected chi connectivity index (χ2v) is 6.47. The van der Waals surface area contributed by atoms with Crippen molar-refractivity contribution in [3.05, 3.63) is 72.6 Å². The Morgan fingerprint density at radius 1 is 0.967 bits per heavy atom. The summed E-state index contributed by atoms with van der Waals surface area (Å²) in [6.07, 6.45) is 21.5. The molecule has 0 aliphatic rings. The van der Waals surface area contributed by atoms with Crippen molar-refractivity contribution in [3.63, 3.8) is 0 Å². The summed E-state index contributed by atoms with van der Waals surface area (Å²) >= 11 is 0. The minimum atomic E-state index is -0.976. The van der Waals surface area contributed by atoms with Crippen LogP contribution < -0.4 is 0 Å². The van der Waals surface area contributed by atoms with Gasteiger partial charge in [0, 0.05) is 6.42 Å². The van der Waals surface area contributed by atoms with E-state index in [0.29, 0.717) is 19.3 Å². The first kappa shape index (κ1) is 27.6. The lowest BCUT2D eigenvalue weighted by Crippen LogP contribution is -2.10. The minimum Gasteiger partial charge on any atom is -0.510 e. The van der Waals surface area contributed by atoms with Crippen molar-refractivity contribution in [2.24, 2.45) is 0 Å². The van der Waals surface area contributed by atoms with Crippen LogP contribution in [0.3, 0.4) is 0 Å². The monoisotopic (exact) mass is 420 g/mol. The number of aliphatic hydroxyl groups excluding tert-OH is 4. The van der Waals surface area contributed by atoms with Crippen molar-refractivity contribution in [3.8, 4) is 0 Å². The summed E-state index contributed by atoms with van der Waals surface area (Å²) < 4.78 is 4.70. The Labute approximate surface area is 179 Å². The number of hydrogen-bond donors (Lipinski definition) is 4. The van der Waals surface area contributed by atoms with Gasteiger partial charge in [0.1, 0.15) is 18.5 Å². The molecule has 4 N–H and O–H groups in total. The normalized spacial score (nSPS) is 15.3. The third-order valence-corrected chi connectivity index (χ3v) is 3.81. The highest BCUT2D eigenvalue weighted by molar-refractivity contribution is 5.69. The molecule has 0 rings (SSSR count). The van der Waals surface area contributed by atoms with Crippen LogP contribution in [-0.4, -0.2) is 51.8 Å². The maximum absolute atomic E-state index is 11.2. The summed E-state index contributed by atoms with van der Waals surface area (Å²) in [5.41, 5.74) is 0. The molecule has 0 amide bonds. The molecule has 0 aliphatic carbocycles. The first-order valence-electron chi connectivity index (χ1n) is 10.3. The van der Waals surface area contributed by atoms with Gasteiger partial charge in [-0.3, -0.25) is 4.79 Å². The third kappa shape index (κ3) is 17.7. The molecule has 0 unspecified atom stereocenters. The van der Waals surface area contributed by atoms with Crippen LogP contribution >= 0.6 is 0 Å². The van der Waals surface area contributed by atoms with Gasteiger partial charge in [-0.15, -0.1) is 0 Å². The quantitative estimate of drug-likeness (QED) is 0.131. The number of carbonyl (C=O) groups is 1. The number of ether oxygens (including phenoxy) is 1. The molecule has 0 aromatic heterocycles. The first-order chi connectivity index (χ1) is 14.5. The molecule has 0 saturated heterocycles. The fourth-order valence-corrected chi connectivity index (χ4v) is 2.21. The van der Waals surface area contributed by atoms with Crippen LogP contribution in [0.5, 0.6) is 0 Å². The highest BCUT2D eigenvalue weighted by Gasteiger charge is 2.08. The number of allylic oxidation sites excluding steroid dienone is 9. The minimum absolute atomic E-state index is 0.0372. The van der Waals surface area contributed by atoms with Crippen molar-refractivity contribution in [2.45, 2.75) is 57.7 Å². The van der Waals surface area contributed by atoms with E-state index >= 15 is 0 Å². The largest absolute Gasteiger partial charge is 0.510 e. The molecule has 0 fully saturated rings. The van der Waals surface area contributed by atoms with Crippen LogP contribution in [0.4, 0.5) is 0 Å². The molecule has 168 valence electrons. The fourth-order valence-electron chi connectivity index (χ4n) is 2.21. The summed E-state index contributed by atoms with van der Waals surface area (Å²) in [5, 5.41) is 37.9. The lowest BCUT2D eigenvalue weighted by Gasteiger charge is -2.08. The summed E-state index contributed by atoms with van der Waals surface area (Å²) in [7, 11) is 0. The van der Waals surface area contributed by atoms with Gasteiger partial charge in [0.25, 0.3) is 0 Å². The van der Waals surface area contributed by atoms with Crippen LogP contribution in [0.15, 0.2) is 72.6 Å². The van der Waals surface area contributed by atoms with Gasteiger partial charge < -0.3 is 25.2 Å². The van der Waals surface area contributed by atoms with Crippen LogP contribution in [0.2, 0.25) is 0 Å². The molecule has 6 heteroatoms. The predicted molar refractivity (Wildman–Crippen MR) is 120 cm³/mol. The second kappa shape index (κ2) is 19.9. The molecule has 0 heterocycles. The number of aliphatic hydroxyl groups is 4.